The lowest BCUT2D eigenvalue weighted by molar-refractivity contribution is 0.110. The number of hydrogen-bond acceptors (Lipinski definition) is 4. The van der Waals surface area contributed by atoms with Gasteiger partial charge in [-0.3, -0.25) is 0 Å². The van der Waals surface area contributed by atoms with E-state index in [0.717, 1.165) is 31.7 Å². The highest BCUT2D eigenvalue weighted by atomic mass is 16.3. The highest BCUT2D eigenvalue weighted by Crippen LogP contribution is 2.24. The number of nitriles is 1. The maximum atomic E-state index is 9.54. The molecule has 0 saturated carbocycles. The summed E-state index contributed by atoms with van der Waals surface area (Å²) in [7, 11) is 0. The summed E-state index contributed by atoms with van der Waals surface area (Å²) in [6.07, 6.45) is 3.41. The molecular formula is C13H17N3O. The van der Waals surface area contributed by atoms with E-state index in [4.69, 9.17) is 5.26 Å². The maximum absolute atomic E-state index is 9.54. The normalized spacial score (nSPS) is 18.8. The van der Waals surface area contributed by atoms with Crippen molar-refractivity contribution in [3.8, 4) is 6.07 Å². The molecule has 1 unspecified atom stereocenters. The molecule has 0 aromatic carbocycles. The van der Waals surface area contributed by atoms with Crippen molar-refractivity contribution in [1.82, 2.24) is 4.98 Å². The van der Waals surface area contributed by atoms with Crippen molar-refractivity contribution >= 4 is 5.82 Å². The molecule has 1 aliphatic heterocycles. The lowest BCUT2D eigenvalue weighted by Crippen LogP contribution is -2.37. The Morgan fingerprint density at radius 3 is 2.82 bits per heavy atom. The van der Waals surface area contributed by atoms with E-state index in [2.05, 4.69) is 16.0 Å². The molecule has 2 rings (SSSR count). The Balaban J connectivity index is 2.03. The first kappa shape index (κ1) is 11.9. The third kappa shape index (κ3) is 2.75. The Morgan fingerprint density at radius 2 is 2.24 bits per heavy atom. The largest absolute Gasteiger partial charge is 0.393 e. The number of aliphatic hydroxyl groups excluding tert-OH is 1. The number of hydrogen-bond donors (Lipinski definition) is 1. The van der Waals surface area contributed by atoms with Crippen molar-refractivity contribution in [3.63, 3.8) is 0 Å². The van der Waals surface area contributed by atoms with Crippen LogP contribution < -0.4 is 4.90 Å². The van der Waals surface area contributed by atoms with Gasteiger partial charge in [0.2, 0.25) is 0 Å². The number of aromatic nitrogens is 1. The van der Waals surface area contributed by atoms with Crippen LogP contribution in [0.3, 0.4) is 0 Å². The number of aliphatic hydroxyl groups is 1. The number of rotatable bonds is 2. The van der Waals surface area contributed by atoms with Crippen LogP contribution in [0.15, 0.2) is 18.3 Å². The maximum Gasteiger partial charge on any atom is 0.129 e. The standard InChI is InChI=1S/C13H17N3O/c1-10(17)12-3-6-16(7-4-12)13-8-11(9-14)2-5-15-13/h2,5,8,10,12,17H,3-4,6-7H2,1H3. The van der Waals surface area contributed by atoms with Crippen LogP contribution in [0.5, 0.6) is 0 Å². The van der Waals surface area contributed by atoms with Crippen LogP contribution in [-0.2, 0) is 0 Å². The fourth-order valence-corrected chi connectivity index (χ4v) is 2.27. The Bertz CT molecular complexity index is 417. The van der Waals surface area contributed by atoms with Crippen LogP contribution in [0.25, 0.3) is 0 Å². The van der Waals surface area contributed by atoms with E-state index in [-0.39, 0.29) is 6.10 Å². The van der Waals surface area contributed by atoms with Gasteiger partial charge in [0.1, 0.15) is 5.82 Å². The van der Waals surface area contributed by atoms with Gasteiger partial charge in [-0.1, -0.05) is 0 Å². The van der Waals surface area contributed by atoms with E-state index in [1.165, 1.54) is 0 Å². The zero-order valence-electron chi connectivity index (χ0n) is 10.0. The smallest absolute Gasteiger partial charge is 0.129 e. The minimum Gasteiger partial charge on any atom is -0.393 e. The average Bonchev–Trinajstić information content (AvgIpc) is 2.39. The highest BCUT2D eigenvalue weighted by Gasteiger charge is 2.23. The molecule has 17 heavy (non-hydrogen) atoms. The monoisotopic (exact) mass is 231 g/mol. The van der Waals surface area contributed by atoms with Crippen LogP contribution in [-0.4, -0.2) is 29.3 Å². The molecule has 0 radical (unpaired) electrons. The van der Waals surface area contributed by atoms with Gasteiger partial charge in [0.05, 0.1) is 17.7 Å². The zero-order valence-corrected chi connectivity index (χ0v) is 10.0. The highest BCUT2D eigenvalue weighted by molar-refractivity contribution is 5.45. The van der Waals surface area contributed by atoms with Crippen molar-refractivity contribution in [2.24, 2.45) is 5.92 Å². The molecule has 1 aromatic rings. The van der Waals surface area contributed by atoms with Gasteiger partial charge in [-0.25, -0.2) is 4.98 Å². The van der Waals surface area contributed by atoms with Crippen LogP contribution in [0, 0.1) is 17.2 Å². The molecule has 0 spiro atoms. The third-order valence-corrected chi connectivity index (χ3v) is 3.42. The molecule has 1 fully saturated rings. The van der Waals surface area contributed by atoms with E-state index in [1.807, 2.05) is 13.0 Å². The second kappa shape index (κ2) is 5.15. The van der Waals surface area contributed by atoms with Crippen molar-refractivity contribution in [3.05, 3.63) is 23.9 Å². The lowest BCUT2D eigenvalue weighted by Gasteiger charge is -2.34. The number of nitrogens with zero attached hydrogens (tertiary/aromatic N) is 3. The third-order valence-electron chi connectivity index (χ3n) is 3.42. The molecule has 4 heteroatoms. The van der Waals surface area contributed by atoms with E-state index in [0.29, 0.717) is 11.5 Å². The van der Waals surface area contributed by atoms with Gasteiger partial charge in [-0.15, -0.1) is 0 Å². The van der Waals surface area contributed by atoms with Crippen LogP contribution >= 0.6 is 0 Å². The molecule has 1 atom stereocenters. The number of anilines is 1. The summed E-state index contributed by atoms with van der Waals surface area (Å²) in [5.74, 6) is 1.26. The number of piperidine rings is 1. The van der Waals surface area contributed by atoms with Gasteiger partial charge in [-0.2, -0.15) is 5.26 Å². The molecule has 2 heterocycles. The quantitative estimate of drug-likeness (QED) is 0.839. The molecule has 1 N–H and O–H groups in total. The van der Waals surface area contributed by atoms with E-state index in [1.54, 1.807) is 12.3 Å². The molecule has 1 saturated heterocycles. The molecule has 90 valence electrons. The van der Waals surface area contributed by atoms with Gasteiger partial charge in [0.25, 0.3) is 0 Å². The molecule has 1 aliphatic rings. The summed E-state index contributed by atoms with van der Waals surface area (Å²) in [6, 6.07) is 5.66. The predicted molar refractivity (Wildman–Crippen MR) is 65.6 cm³/mol. The van der Waals surface area contributed by atoms with Crippen LogP contribution in [0.2, 0.25) is 0 Å². The molecule has 0 aliphatic carbocycles. The van der Waals surface area contributed by atoms with Gasteiger partial charge in [0, 0.05) is 19.3 Å². The predicted octanol–water partition coefficient (Wildman–Crippen LogP) is 1.55. The van der Waals surface area contributed by atoms with Crippen molar-refractivity contribution < 1.29 is 5.11 Å². The SMILES string of the molecule is CC(O)C1CCN(c2cc(C#N)ccn2)CC1. The van der Waals surface area contributed by atoms with Crippen molar-refractivity contribution in [2.75, 3.05) is 18.0 Å². The summed E-state index contributed by atoms with van der Waals surface area (Å²) in [5, 5.41) is 18.4. The molecule has 0 amide bonds. The zero-order chi connectivity index (χ0) is 12.3. The lowest BCUT2D eigenvalue weighted by atomic mass is 9.92. The summed E-state index contributed by atoms with van der Waals surface area (Å²) in [4.78, 5) is 6.47. The second-order valence-electron chi connectivity index (χ2n) is 4.58. The Hall–Kier alpha value is -1.60. The molecule has 0 bridgehead atoms. The van der Waals surface area contributed by atoms with Gasteiger partial charge < -0.3 is 10.0 Å². The van der Waals surface area contributed by atoms with Gasteiger partial charge in [-0.05, 0) is 37.8 Å². The minimum absolute atomic E-state index is 0.226. The summed E-state index contributed by atoms with van der Waals surface area (Å²) in [6.45, 7) is 3.66. The fraction of sp³-hybridized carbons (Fsp3) is 0.538. The number of pyridine rings is 1. The fourth-order valence-electron chi connectivity index (χ4n) is 2.27. The summed E-state index contributed by atoms with van der Waals surface area (Å²) >= 11 is 0. The second-order valence-corrected chi connectivity index (χ2v) is 4.58. The van der Waals surface area contributed by atoms with Crippen molar-refractivity contribution in [1.29, 1.82) is 5.26 Å². The Morgan fingerprint density at radius 1 is 1.53 bits per heavy atom. The molecule has 4 nitrogen and oxygen atoms in total. The summed E-state index contributed by atoms with van der Waals surface area (Å²) < 4.78 is 0. The first-order valence-electron chi connectivity index (χ1n) is 6.00. The average molecular weight is 231 g/mol. The Kier molecular flexibility index (Phi) is 3.60. The molecular weight excluding hydrogens is 214 g/mol. The van der Waals surface area contributed by atoms with Crippen LogP contribution in [0.1, 0.15) is 25.3 Å². The van der Waals surface area contributed by atoms with Crippen LogP contribution in [0.4, 0.5) is 5.82 Å². The Labute approximate surface area is 102 Å². The van der Waals surface area contributed by atoms with E-state index in [9.17, 15) is 5.11 Å². The van der Waals surface area contributed by atoms with Gasteiger partial charge in [0.15, 0.2) is 0 Å². The topological polar surface area (TPSA) is 60.1 Å². The van der Waals surface area contributed by atoms with Gasteiger partial charge >= 0.3 is 0 Å². The first-order chi connectivity index (χ1) is 8.20. The van der Waals surface area contributed by atoms with Crippen molar-refractivity contribution in [2.45, 2.75) is 25.9 Å². The first-order valence-corrected chi connectivity index (χ1v) is 6.00. The summed E-state index contributed by atoms with van der Waals surface area (Å²) in [5.41, 5.74) is 0.646. The molecule has 1 aromatic heterocycles. The minimum atomic E-state index is -0.226. The van der Waals surface area contributed by atoms with E-state index < -0.39 is 0 Å². The van der Waals surface area contributed by atoms with E-state index >= 15 is 0 Å².